The molecule has 0 spiro atoms. The number of hydrazine groups is 1. The van der Waals surface area contributed by atoms with E-state index in [0.717, 1.165) is 0 Å². The van der Waals surface area contributed by atoms with Crippen molar-refractivity contribution in [3.63, 3.8) is 0 Å². The Hall–Kier alpha value is -1.07. The largest absolute Gasteiger partial charge is 0.348 e. The van der Waals surface area contributed by atoms with Crippen LogP contribution in [0.4, 0.5) is 0 Å². The van der Waals surface area contributed by atoms with Crippen LogP contribution in [0, 0.1) is 0 Å². The number of hydrogen-bond acceptors (Lipinski definition) is 3. The molecule has 13 heavy (non-hydrogen) atoms. The van der Waals surface area contributed by atoms with Gasteiger partial charge in [0.15, 0.2) is 0 Å². The molecule has 0 radical (unpaired) electrons. The molecule has 4 nitrogen and oxygen atoms in total. The van der Waals surface area contributed by atoms with E-state index in [1.165, 1.54) is 4.88 Å². The Morgan fingerprint density at radius 2 is 2.46 bits per heavy atom. The SMILES string of the molecule is CN=C(NN)NC(C)c1cccs1. The molecule has 1 aromatic rings. The fourth-order valence-corrected chi connectivity index (χ4v) is 1.72. The highest BCUT2D eigenvalue weighted by Gasteiger charge is 2.06. The highest BCUT2D eigenvalue weighted by atomic mass is 32.1. The molecule has 1 heterocycles. The fraction of sp³-hybridized carbons (Fsp3) is 0.375. The van der Waals surface area contributed by atoms with Crippen LogP contribution in [-0.4, -0.2) is 13.0 Å². The Morgan fingerprint density at radius 1 is 1.69 bits per heavy atom. The molecule has 72 valence electrons. The summed E-state index contributed by atoms with van der Waals surface area (Å²) in [6.07, 6.45) is 0. The molecule has 0 aliphatic carbocycles. The van der Waals surface area contributed by atoms with Gasteiger partial charge in [0.05, 0.1) is 6.04 Å². The zero-order valence-electron chi connectivity index (χ0n) is 7.74. The minimum atomic E-state index is 0.231. The zero-order chi connectivity index (χ0) is 9.68. The maximum Gasteiger partial charge on any atom is 0.205 e. The Kier molecular flexibility index (Phi) is 3.72. The molecule has 5 heteroatoms. The van der Waals surface area contributed by atoms with Gasteiger partial charge in [0, 0.05) is 11.9 Å². The molecule has 0 aromatic carbocycles. The molecule has 0 bridgehead atoms. The monoisotopic (exact) mass is 198 g/mol. The van der Waals surface area contributed by atoms with Gasteiger partial charge in [0.1, 0.15) is 0 Å². The number of nitrogens with two attached hydrogens (primary N) is 1. The lowest BCUT2D eigenvalue weighted by molar-refractivity contribution is 0.704. The van der Waals surface area contributed by atoms with Crippen molar-refractivity contribution in [1.29, 1.82) is 0 Å². The van der Waals surface area contributed by atoms with Crippen molar-refractivity contribution in [3.05, 3.63) is 22.4 Å². The van der Waals surface area contributed by atoms with Gasteiger partial charge in [0.25, 0.3) is 0 Å². The van der Waals surface area contributed by atoms with Gasteiger partial charge in [-0.05, 0) is 18.4 Å². The first kappa shape index (κ1) is 10.0. The van der Waals surface area contributed by atoms with Crippen LogP contribution in [0.25, 0.3) is 0 Å². The number of aliphatic imine (C=N–C) groups is 1. The fourth-order valence-electron chi connectivity index (χ4n) is 0.985. The van der Waals surface area contributed by atoms with Crippen LogP contribution >= 0.6 is 11.3 Å². The number of hydrogen-bond donors (Lipinski definition) is 3. The second-order valence-electron chi connectivity index (χ2n) is 2.60. The van der Waals surface area contributed by atoms with Crippen molar-refractivity contribution in [2.24, 2.45) is 10.8 Å². The second-order valence-corrected chi connectivity index (χ2v) is 3.58. The minimum Gasteiger partial charge on any atom is -0.348 e. The highest BCUT2D eigenvalue weighted by Crippen LogP contribution is 2.17. The van der Waals surface area contributed by atoms with Crippen LogP contribution in [0.15, 0.2) is 22.5 Å². The van der Waals surface area contributed by atoms with Crippen molar-refractivity contribution < 1.29 is 0 Å². The summed E-state index contributed by atoms with van der Waals surface area (Å²) in [6, 6.07) is 4.33. The van der Waals surface area contributed by atoms with E-state index in [4.69, 9.17) is 5.84 Å². The van der Waals surface area contributed by atoms with E-state index in [-0.39, 0.29) is 6.04 Å². The predicted molar refractivity (Wildman–Crippen MR) is 56.6 cm³/mol. The van der Waals surface area contributed by atoms with Crippen molar-refractivity contribution in [2.45, 2.75) is 13.0 Å². The van der Waals surface area contributed by atoms with Gasteiger partial charge in [-0.1, -0.05) is 6.07 Å². The van der Waals surface area contributed by atoms with Crippen molar-refractivity contribution >= 4 is 17.3 Å². The molecule has 1 rings (SSSR count). The summed E-state index contributed by atoms with van der Waals surface area (Å²) in [5.74, 6) is 5.84. The van der Waals surface area contributed by atoms with E-state index in [0.29, 0.717) is 5.96 Å². The first-order valence-electron chi connectivity index (χ1n) is 4.01. The maximum absolute atomic E-state index is 5.25. The highest BCUT2D eigenvalue weighted by molar-refractivity contribution is 7.10. The first-order valence-corrected chi connectivity index (χ1v) is 4.89. The molecule has 0 amide bonds. The second kappa shape index (κ2) is 4.84. The number of nitrogens with zero attached hydrogens (tertiary/aromatic N) is 1. The predicted octanol–water partition coefficient (Wildman–Crippen LogP) is 0.848. The Balaban J connectivity index is 2.55. The summed E-state index contributed by atoms with van der Waals surface area (Å²) in [5, 5.41) is 5.19. The summed E-state index contributed by atoms with van der Waals surface area (Å²) in [4.78, 5) is 5.19. The van der Waals surface area contributed by atoms with E-state index < -0.39 is 0 Å². The molecule has 1 aromatic heterocycles. The van der Waals surface area contributed by atoms with Crippen LogP contribution in [0.1, 0.15) is 17.8 Å². The number of nitrogens with one attached hydrogen (secondary N) is 2. The van der Waals surface area contributed by atoms with Gasteiger partial charge in [-0.25, -0.2) is 5.84 Å². The van der Waals surface area contributed by atoms with Gasteiger partial charge >= 0.3 is 0 Å². The van der Waals surface area contributed by atoms with Crippen LogP contribution in [0.5, 0.6) is 0 Å². The minimum absolute atomic E-state index is 0.231. The molecule has 1 atom stereocenters. The van der Waals surface area contributed by atoms with E-state index in [2.05, 4.69) is 28.7 Å². The third-order valence-corrected chi connectivity index (χ3v) is 2.74. The summed E-state index contributed by atoms with van der Waals surface area (Å²) in [6.45, 7) is 2.06. The number of thiophene rings is 1. The lowest BCUT2D eigenvalue weighted by Crippen LogP contribution is -2.42. The van der Waals surface area contributed by atoms with Gasteiger partial charge in [-0.3, -0.25) is 10.4 Å². The van der Waals surface area contributed by atoms with Crippen molar-refractivity contribution in [1.82, 2.24) is 10.7 Å². The molecule has 4 N–H and O–H groups in total. The number of guanidine groups is 1. The Bertz CT molecular complexity index is 268. The third kappa shape index (κ3) is 2.71. The van der Waals surface area contributed by atoms with E-state index in [1.54, 1.807) is 18.4 Å². The third-order valence-electron chi connectivity index (χ3n) is 1.68. The number of rotatable bonds is 2. The van der Waals surface area contributed by atoms with E-state index in [9.17, 15) is 0 Å². The molecule has 0 aliphatic heterocycles. The normalized spacial score (nSPS) is 13.9. The van der Waals surface area contributed by atoms with Gasteiger partial charge in [-0.2, -0.15) is 0 Å². The average Bonchev–Trinajstić information content (AvgIpc) is 2.66. The van der Waals surface area contributed by atoms with Crippen molar-refractivity contribution in [2.75, 3.05) is 7.05 Å². The van der Waals surface area contributed by atoms with Gasteiger partial charge in [0.2, 0.25) is 5.96 Å². The smallest absolute Gasteiger partial charge is 0.205 e. The molecule has 0 saturated carbocycles. The van der Waals surface area contributed by atoms with Gasteiger partial charge < -0.3 is 5.32 Å². The molecular formula is C8H14N4S. The topological polar surface area (TPSA) is 62.4 Å². The molecule has 1 unspecified atom stereocenters. The summed E-state index contributed by atoms with van der Waals surface area (Å²) in [7, 11) is 1.68. The maximum atomic E-state index is 5.25. The van der Waals surface area contributed by atoms with Crippen LogP contribution in [0.3, 0.4) is 0 Å². The van der Waals surface area contributed by atoms with Crippen LogP contribution in [0.2, 0.25) is 0 Å². The summed E-state index contributed by atoms with van der Waals surface area (Å²) in [5.41, 5.74) is 2.49. The van der Waals surface area contributed by atoms with Crippen LogP contribution in [-0.2, 0) is 0 Å². The van der Waals surface area contributed by atoms with E-state index >= 15 is 0 Å². The van der Waals surface area contributed by atoms with Crippen LogP contribution < -0.4 is 16.6 Å². The summed E-state index contributed by atoms with van der Waals surface area (Å²) >= 11 is 1.71. The van der Waals surface area contributed by atoms with Crippen molar-refractivity contribution in [3.8, 4) is 0 Å². The Labute approximate surface area is 81.8 Å². The van der Waals surface area contributed by atoms with E-state index in [1.807, 2.05) is 11.4 Å². The quantitative estimate of drug-likeness (QED) is 0.286. The summed E-state index contributed by atoms with van der Waals surface area (Å²) < 4.78 is 0. The average molecular weight is 198 g/mol. The molecule has 0 saturated heterocycles. The Morgan fingerprint density at radius 3 is 2.92 bits per heavy atom. The first-order chi connectivity index (χ1) is 6.27. The molecular weight excluding hydrogens is 184 g/mol. The molecule has 0 aliphatic rings. The molecule has 0 fully saturated rings. The zero-order valence-corrected chi connectivity index (χ0v) is 8.56. The van der Waals surface area contributed by atoms with Gasteiger partial charge in [-0.15, -0.1) is 11.3 Å². The standard InChI is InChI=1S/C8H14N4S/c1-6(7-4-3-5-13-7)11-8(10-2)12-9/h3-6H,9H2,1-2H3,(H2,10,11,12). The lowest BCUT2D eigenvalue weighted by atomic mass is 10.3. The lowest BCUT2D eigenvalue weighted by Gasteiger charge is -2.14.